The van der Waals surface area contributed by atoms with E-state index in [1.165, 1.54) is 24.2 Å². The lowest BCUT2D eigenvalue weighted by atomic mass is 9.99. The summed E-state index contributed by atoms with van der Waals surface area (Å²) in [6.07, 6.45) is 4.60. The van der Waals surface area contributed by atoms with E-state index >= 15 is 0 Å². The van der Waals surface area contributed by atoms with E-state index in [4.69, 9.17) is 12.2 Å². The first kappa shape index (κ1) is 22.3. The molecule has 154 valence electrons. The van der Waals surface area contributed by atoms with Crippen molar-refractivity contribution in [2.24, 2.45) is 5.92 Å². The molecular formula is C19H29N5O2S2. The Bertz CT molecular complexity index is 890. The van der Waals surface area contributed by atoms with Gasteiger partial charge in [-0.2, -0.15) is 0 Å². The maximum atomic E-state index is 12.3. The van der Waals surface area contributed by atoms with Crippen LogP contribution in [0.25, 0.3) is 10.2 Å². The normalized spacial score (nSPS) is 12.0. The van der Waals surface area contributed by atoms with Crippen LogP contribution in [0.4, 0.5) is 0 Å². The molecule has 0 saturated carbocycles. The summed E-state index contributed by atoms with van der Waals surface area (Å²) >= 11 is 6.67. The molecule has 28 heavy (non-hydrogen) atoms. The molecule has 0 spiro atoms. The monoisotopic (exact) mass is 423 g/mol. The number of aromatic nitrogens is 2. The average Bonchev–Trinajstić information content (AvgIpc) is 2.94. The minimum atomic E-state index is -0.324. The number of amides is 1. The molecule has 0 unspecified atom stereocenters. The van der Waals surface area contributed by atoms with E-state index < -0.39 is 0 Å². The number of hydrogen-bond donors (Lipinski definition) is 4. The van der Waals surface area contributed by atoms with Crippen LogP contribution in [-0.4, -0.2) is 27.5 Å². The van der Waals surface area contributed by atoms with Gasteiger partial charge in [-0.15, -0.1) is 11.3 Å². The molecule has 2 rings (SSSR count). The van der Waals surface area contributed by atoms with Gasteiger partial charge in [-0.1, -0.05) is 33.1 Å². The van der Waals surface area contributed by atoms with E-state index in [0.29, 0.717) is 27.1 Å². The van der Waals surface area contributed by atoms with Crippen molar-refractivity contribution >= 4 is 44.8 Å². The summed E-state index contributed by atoms with van der Waals surface area (Å²) in [6.45, 7) is 8.99. The number of nitrogens with zero attached hydrogens (tertiary/aromatic N) is 1. The highest BCUT2D eigenvalue weighted by Gasteiger charge is 2.14. The van der Waals surface area contributed by atoms with Gasteiger partial charge in [0.1, 0.15) is 10.7 Å². The fourth-order valence-electron chi connectivity index (χ4n) is 2.93. The standard InChI is InChI=1S/C19H29N5O2S2/c1-5-7-8-13(6-2)10-20-19(27)24-23-15(25)9-14-21-17(26)16-11(3)12(4)28-18(16)22-14/h13H,5-10H2,1-4H3,(H,23,25)(H2,20,24,27)(H,21,22,26)/t13-/m0/s1. The number of carbonyl (C=O) groups is 1. The van der Waals surface area contributed by atoms with Gasteiger partial charge in [-0.3, -0.25) is 20.4 Å². The van der Waals surface area contributed by atoms with E-state index in [-0.39, 0.29) is 17.9 Å². The molecule has 1 amide bonds. The lowest BCUT2D eigenvalue weighted by Gasteiger charge is -2.17. The van der Waals surface area contributed by atoms with E-state index in [2.05, 4.69) is 40.0 Å². The Kier molecular flexibility index (Phi) is 8.37. The van der Waals surface area contributed by atoms with Gasteiger partial charge in [0, 0.05) is 11.4 Å². The predicted molar refractivity (Wildman–Crippen MR) is 119 cm³/mol. The molecule has 2 aromatic rings. The summed E-state index contributed by atoms with van der Waals surface area (Å²) in [6, 6.07) is 0. The third kappa shape index (κ3) is 6.00. The number of aromatic amines is 1. The quantitative estimate of drug-likeness (QED) is 0.385. The molecule has 7 nitrogen and oxygen atoms in total. The van der Waals surface area contributed by atoms with Gasteiger partial charge in [-0.05, 0) is 44.0 Å². The molecule has 2 heterocycles. The number of carbonyl (C=O) groups excluding carboxylic acids is 1. The number of fused-ring (bicyclic) bond motifs is 1. The first-order chi connectivity index (χ1) is 13.3. The summed E-state index contributed by atoms with van der Waals surface area (Å²) in [5, 5.41) is 4.12. The molecule has 0 radical (unpaired) electrons. The second-order valence-electron chi connectivity index (χ2n) is 6.95. The van der Waals surface area contributed by atoms with Crippen LogP contribution >= 0.6 is 23.6 Å². The predicted octanol–water partition coefficient (Wildman–Crippen LogP) is 2.86. The minimum absolute atomic E-state index is 0.0368. The van der Waals surface area contributed by atoms with E-state index in [9.17, 15) is 9.59 Å². The fraction of sp³-hybridized carbons (Fsp3) is 0.579. The van der Waals surface area contributed by atoms with Crippen molar-refractivity contribution in [1.82, 2.24) is 26.1 Å². The van der Waals surface area contributed by atoms with Crippen LogP contribution in [0.5, 0.6) is 0 Å². The summed E-state index contributed by atoms with van der Waals surface area (Å²) in [5.74, 6) is 0.575. The molecule has 2 aromatic heterocycles. The number of thiocarbonyl (C=S) groups is 1. The first-order valence-electron chi connectivity index (χ1n) is 9.67. The zero-order valence-corrected chi connectivity index (χ0v) is 18.5. The van der Waals surface area contributed by atoms with Crippen LogP contribution in [0.2, 0.25) is 0 Å². The van der Waals surface area contributed by atoms with Gasteiger partial charge < -0.3 is 10.3 Å². The highest BCUT2D eigenvalue weighted by atomic mass is 32.1. The highest BCUT2D eigenvalue weighted by molar-refractivity contribution is 7.80. The van der Waals surface area contributed by atoms with Crippen molar-refractivity contribution in [2.75, 3.05) is 6.54 Å². The second kappa shape index (κ2) is 10.5. The Morgan fingerprint density at radius 3 is 2.71 bits per heavy atom. The van der Waals surface area contributed by atoms with Crippen molar-refractivity contribution in [3.8, 4) is 0 Å². The molecule has 0 aromatic carbocycles. The average molecular weight is 424 g/mol. The number of rotatable bonds is 8. The zero-order valence-electron chi connectivity index (χ0n) is 16.9. The van der Waals surface area contributed by atoms with Gasteiger partial charge in [0.25, 0.3) is 5.56 Å². The summed E-state index contributed by atoms with van der Waals surface area (Å²) in [5.41, 5.74) is 5.98. The first-order valence-corrected chi connectivity index (χ1v) is 10.9. The van der Waals surface area contributed by atoms with Gasteiger partial charge in [0.05, 0.1) is 11.8 Å². The number of nitrogens with one attached hydrogen (secondary N) is 4. The molecule has 4 N–H and O–H groups in total. The molecule has 0 aliphatic carbocycles. The van der Waals surface area contributed by atoms with Crippen molar-refractivity contribution in [1.29, 1.82) is 0 Å². The maximum Gasteiger partial charge on any atom is 0.259 e. The Balaban J connectivity index is 1.84. The number of thiophene rings is 1. The molecular weight excluding hydrogens is 394 g/mol. The number of hydrazine groups is 1. The van der Waals surface area contributed by atoms with Crippen molar-refractivity contribution < 1.29 is 4.79 Å². The van der Waals surface area contributed by atoms with Gasteiger partial charge in [0.15, 0.2) is 5.11 Å². The van der Waals surface area contributed by atoms with Crippen molar-refractivity contribution in [2.45, 2.75) is 59.8 Å². The maximum absolute atomic E-state index is 12.3. The summed E-state index contributed by atoms with van der Waals surface area (Å²) in [7, 11) is 0. The van der Waals surface area contributed by atoms with E-state index in [0.717, 1.165) is 29.8 Å². The third-order valence-electron chi connectivity index (χ3n) is 4.83. The lowest BCUT2D eigenvalue weighted by Crippen LogP contribution is -2.48. The topological polar surface area (TPSA) is 98.9 Å². The molecule has 0 aliphatic heterocycles. The second-order valence-corrected chi connectivity index (χ2v) is 8.56. The Morgan fingerprint density at radius 2 is 2.04 bits per heavy atom. The minimum Gasteiger partial charge on any atom is -0.361 e. The van der Waals surface area contributed by atoms with Crippen molar-refractivity contribution in [3.63, 3.8) is 0 Å². The Labute approximate surface area is 174 Å². The SMILES string of the molecule is CCCC[C@H](CC)CNC(=S)NNC(=O)Cc1nc2sc(C)c(C)c2c(=O)[nH]1. The Morgan fingerprint density at radius 1 is 1.29 bits per heavy atom. The summed E-state index contributed by atoms with van der Waals surface area (Å²) in [4.78, 5) is 33.2. The summed E-state index contributed by atoms with van der Waals surface area (Å²) < 4.78 is 0. The van der Waals surface area contributed by atoms with Gasteiger partial charge >= 0.3 is 0 Å². The van der Waals surface area contributed by atoms with Gasteiger partial charge in [-0.25, -0.2) is 4.98 Å². The van der Waals surface area contributed by atoms with Crippen LogP contribution in [-0.2, 0) is 11.2 Å². The number of aryl methyl sites for hydroxylation is 2. The molecule has 9 heteroatoms. The van der Waals surface area contributed by atoms with Crippen LogP contribution in [0.3, 0.4) is 0 Å². The molecule has 0 bridgehead atoms. The largest absolute Gasteiger partial charge is 0.361 e. The lowest BCUT2D eigenvalue weighted by molar-refractivity contribution is -0.121. The number of hydrogen-bond acceptors (Lipinski definition) is 5. The van der Waals surface area contributed by atoms with Crippen LogP contribution in [0, 0.1) is 19.8 Å². The molecule has 0 fully saturated rings. The zero-order chi connectivity index (χ0) is 20.7. The highest BCUT2D eigenvalue weighted by Crippen LogP contribution is 2.25. The van der Waals surface area contributed by atoms with E-state index in [1.54, 1.807) is 0 Å². The number of H-pyrrole nitrogens is 1. The van der Waals surface area contributed by atoms with Gasteiger partial charge in [0.2, 0.25) is 5.91 Å². The fourth-order valence-corrected chi connectivity index (χ4v) is 4.11. The molecule has 0 aliphatic rings. The smallest absolute Gasteiger partial charge is 0.259 e. The Hall–Kier alpha value is -2.00. The third-order valence-corrected chi connectivity index (χ3v) is 6.17. The van der Waals surface area contributed by atoms with Crippen molar-refractivity contribution in [3.05, 3.63) is 26.6 Å². The molecule has 0 saturated heterocycles. The van der Waals surface area contributed by atoms with Crippen LogP contribution in [0.15, 0.2) is 4.79 Å². The van der Waals surface area contributed by atoms with Crippen LogP contribution < -0.4 is 21.7 Å². The molecule has 1 atom stereocenters. The number of unbranched alkanes of at least 4 members (excludes halogenated alkanes) is 1. The van der Waals surface area contributed by atoms with E-state index in [1.807, 2.05) is 13.8 Å². The van der Waals surface area contributed by atoms with Crippen LogP contribution in [0.1, 0.15) is 55.8 Å².